The van der Waals surface area contributed by atoms with Crippen LogP contribution in [0.5, 0.6) is 0 Å². The number of hydrogen-bond acceptors (Lipinski definition) is 3. The Morgan fingerprint density at radius 1 is 1.24 bits per heavy atom. The molecule has 130 valence electrons. The number of nitrogens with zero attached hydrogens (tertiary/aromatic N) is 1. The Balaban J connectivity index is 2.09. The quantitative estimate of drug-likeness (QED) is 0.479. The molecule has 1 amide bonds. The number of benzene rings is 2. The van der Waals surface area contributed by atoms with Crippen molar-refractivity contribution in [3.05, 3.63) is 80.9 Å². The molecular formula is C20H22N2O3. The SMILES string of the molecule is CC[C@@H](NC(=O)/C=C/c1cccc([N+](=O)[O-])c1)c1ccc(C)cc1C. The van der Waals surface area contributed by atoms with E-state index in [4.69, 9.17) is 0 Å². The summed E-state index contributed by atoms with van der Waals surface area (Å²) in [5, 5.41) is 13.8. The van der Waals surface area contributed by atoms with E-state index in [1.54, 1.807) is 18.2 Å². The minimum absolute atomic E-state index is 0.00396. The zero-order chi connectivity index (χ0) is 18.4. The molecule has 0 unspecified atom stereocenters. The third kappa shape index (κ3) is 5.01. The summed E-state index contributed by atoms with van der Waals surface area (Å²) in [5.74, 6) is -0.224. The van der Waals surface area contributed by atoms with E-state index in [-0.39, 0.29) is 17.6 Å². The number of nitrogens with one attached hydrogen (secondary N) is 1. The molecule has 25 heavy (non-hydrogen) atoms. The predicted octanol–water partition coefficient (Wildman–Crippen LogP) is 4.49. The molecule has 2 aromatic carbocycles. The molecule has 0 aliphatic carbocycles. The van der Waals surface area contributed by atoms with Crippen LogP contribution in [0, 0.1) is 24.0 Å². The molecule has 0 aliphatic rings. The lowest BCUT2D eigenvalue weighted by atomic mass is 9.97. The van der Waals surface area contributed by atoms with Gasteiger partial charge < -0.3 is 5.32 Å². The summed E-state index contributed by atoms with van der Waals surface area (Å²) >= 11 is 0. The van der Waals surface area contributed by atoms with Gasteiger partial charge in [-0.1, -0.05) is 42.8 Å². The summed E-state index contributed by atoms with van der Waals surface area (Å²) < 4.78 is 0. The summed E-state index contributed by atoms with van der Waals surface area (Å²) in [5.41, 5.74) is 4.06. The Hall–Kier alpha value is -2.95. The van der Waals surface area contributed by atoms with Crippen LogP contribution in [0.25, 0.3) is 6.08 Å². The van der Waals surface area contributed by atoms with Crippen LogP contribution in [0.3, 0.4) is 0 Å². The van der Waals surface area contributed by atoms with E-state index in [0.717, 1.165) is 17.5 Å². The molecule has 2 aromatic rings. The number of rotatable bonds is 6. The number of carbonyl (C=O) groups excluding carboxylic acids is 1. The van der Waals surface area contributed by atoms with Gasteiger partial charge in [-0.05, 0) is 43.0 Å². The number of nitro benzene ring substituents is 1. The normalized spacial score (nSPS) is 12.1. The van der Waals surface area contributed by atoms with Gasteiger partial charge in [-0.3, -0.25) is 14.9 Å². The van der Waals surface area contributed by atoms with Gasteiger partial charge >= 0.3 is 0 Å². The maximum Gasteiger partial charge on any atom is 0.270 e. The van der Waals surface area contributed by atoms with Crippen molar-refractivity contribution in [3.8, 4) is 0 Å². The van der Waals surface area contributed by atoms with Crippen LogP contribution in [0.1, 0.15) is 41.6 Å². The molecule has 0 fully saturated rings. The van der Waals surface area contributed by atoms with Crippen molar-refractivity contribution in [1.29, 1.82) is 0 Å². The van der Waals surface area contributed by atoms with Crippen molar-refractivity contribution in [2.75, 3.05) is 0 Å². The second kappa shape index (κ2) is 8.24. The molecule has 0 spiro atoms. The van der Waals surface area contributed by atoms with Crippen LogP contribution in [0.4, 0.5) is 5.69 Å². The Labute approximate surface area is 147 Å². The number of carbonyl (C=O) groups is 1. The molecule has 0 saturated heterocycles. The fourth-order valence-electron chi connectivity index (χ4n) is 2.75. The smallest absolute Gasteiger partial charge is 0.270 e. The highest BCUT2D eigenvalue weighted by Crippen LogP contribution is 2.22. The van der Waals surface area contributed by atoms with Crippen molar-refractivity contribution in [2.45, 2.75) is 33.2 Å². The maximum atomic E-state index is 12.2. The minimum Gasteiger partial charge on any atom is -0.346 e. The Morgan fingerprint density at radius 3 is 2.64 bits per heavy atom. The first kappa shape index (κ1) is 18.4. The average molecular weight is 338 g/mol. The Kier molecular flexibility index (Phi) is 6.06. The number of hydrogen-bond donors (Lipinski definition) is 1. The standard InChI is InChI=1S/C20H22N2O3/c1-4-19(18-10-8-14(2)12-15(18)3)21-20(23)11-9-16-6-5-7-17(13-16)22(24)25/h5-13,19H,4H2,1-3H3,(H,21,23)/b11-9+/t19-/m1/s1. The molecule has 2 rings (SSSR count). The molecule has 0 bridgehead atoms. The fourth-order valence-corrected chi connectivity index (χ4v) is 2.75. The zero-order valence-electron chi connectivity index (χ0n) is 14.7. The molecular weight excluding hydrogens is 316 g/mol. The first-order valence-electron chi connectivity index (χ1n) is 8.21. The van der Waals surface area contributed by atoms with Gasteiger partial charge in [0.1, 0.15) is 0 Å². The average Bonchev–Trinajstić information content (AvgIpc) is 2.58. The molecule has 5 nitrogen and oxygen atoms in total. The van der Waals surface area contributed by atoms with Crippen molar-refractivity contribution in [2.24, 2.45) is 0 Å². The topological polar surface area (TPSA) is 72.2 Å². The van der Waals surface area contributed by atoms with E-state index in [1.807, 2.05) is 32.9 Å². The fraction of sp³-hybridized carbons (Fsp3) is 0.250. The van der Waals surface area contributed by atoms with Gasteiger partial charge in [-0.2, -0.15) is 0 Å². The van der Waals surface area contributed by atoms with Gasteiger partial charge in [0, 0.05) is 18.2 Å². The van der Waals surface area contributed by atoms with E-state index >= 15 is 0 Å². The first-order valence-corrected chi connectivity index (χ1v) is 8.21. The van der Waals surface area contributed by atoms with Crippen LogP contribution in [0.15, 0.2) is 48.5 Å². The van der Waals surface area contributed by atoms with Crippen LogP contribution >= 0.6 is 0 Å². The maximum absolute atomic E-state index is 12.2. The largest absolute Gasteiger partial charge is 0.346 e. The third-order valence-corrected chi connectivity index (χ3v) is 4.03. The van der Waals surface area contributed by atoms with Crippen LogP contribution < -0.4 is 5.32 Å². The molecule has 0 radical (unpaired) electrons. The van der Waals surface area contributed by atoms with Gasteiger partial charge in [-0.15, -0.1) is 0 Å². The van der Waals surface area contributed by atoms with Crippen molar-refractivity contribution < 1.29 is 9.72 Å². The number of aryl methyl sites for hydroxylation is 2. The van der Waals surface area contributed by atoms with Crippen molar-refractivity contribution in [1.82, 2.24) is 5.32 Å². The molecule has 0 heterocycles. The van der Waals surface area contributed by atoms with Crippen molar-refractivity contribution in [3.63, 3.8) is 0 Å². The molecule has 1 N–H and O–H groups in total. The summed E-state index contributed by atoms with van der Waals surface area (Å²) in [4.78, 5) is 22.6. The van der Waals surface area contributed by atoms with E-state index < -0.39 is 4.92 Å². The number of nitro groups is 1. The van der Waals surface area contributed by atoms with Crippen LogP contribution in [-0.4, -0.2) is 10.8 Å². The summed E-state index contributed by atoms with van der Waals surface area (Å²) in [7, 11) is 0. The summed E-state index contributed by atoms with van der Waals surface area (Å²) in [6.45, 7) is 6.10. The van der Waals surface area contributed by atoms with E-state index in [9.17, 15) is 14.9 Å². The second-order valence-electron chi connectivity index (χ2n) is 6.01. The first-order chi connectivity index (χ1) is 11.9. The third-order valence-electron chi connectivity index (χ3n) is 4.03. The minimum atomic E-state index is -0.454. The molecule has 0 aromatic heterocycles. The van der Waals surface area contributed by atoms with Crippen molar-refractivity contribution >= 4 is 17.7 Å². The second-order valence-corrected chi connectivity index (χ2v) is 6.01. The van der Waals surface area contributed by atoms with E-state index in [2.05, 4.69) is 11.4 Å². The van der Waals surface area contributed by atoms with Gasteiger partial charge in [-0.25, -0.2) is 0 Å². The zero-order valence-corrected chi connectivity index (χ0v) is 14.7. The lowest BCUT2D eigenvalue weighted by molar-refractivity contribution is -0.384. The van der Waals surface area contributed by atoms with Gasteiger partial charge in [0.05, 0.1) is 11.0 Å². The van der Waals surface area contributed by atoms with Gasteiger partial charge in [0.15, 0.2) is 0 Å². The molecule has 0 saturated carbocycles. The molecule has 5 heteroatoms. The van der Waals surface area contributed by atoms with Crippen LogP contribution in [0.2, 0.25) is 0 Å². The lowest BCUT2D eigenvalue weighted by Gasteiger charge is -2.19. The Morgan fingerprint density at radius 2 is 2.00 bits per heavy atom. The monoisotopic (exact) mass is 338 g/mol. The summed E-state index contributed by atoms with van der Waals surface area (Å²) in [6.07, 6.45) is 3.77. The lowest BCUT2D eigenvalue weighted by Crippen LogP contribution is -2.26. The number of non-ortho nitro benzene ring substituents is 1. The molecule has 1 atom stereocenters. The van der Waals surface area contributed by atoms with Gasteiger partial charge in [0.25, 0.3) is 5.69 Å². The van der Waals surface area contributed by atoms with E-state index in [1.165, 1.54) is 23.8 Å². The van der Waals surface area contributed by atoms with Crippen LogP contribution in [-0.2, 0) is 4.79 Å². The highest BCUT2D eigenvalue weighted by Gasteiger charge is 2.13. The summed E-state index contributed by atoms with van der Waals surface area (Å²) in [6, 6.07) is 12.3. The van der Waals surface area contributed by atoms with Gasteiger partial charge in [0.2, 0.25) is 5.91 Å². The highest BCUT2D eigenvalue weighted by molar-refractivity contribution is 5.92. The Bertz CT molecular complexity index is 812. The highest BCUT2D eigenvalue weighted by atomic mass is 16.6. The molecule has 0 aliphatic heterocycles. The predicted molar refractivity (Wildman–Crippen MR) is 99.2 cm³/mol. The number of amides is 1. The van der Waals surface area contributed by atoms with E-state index in [0.29, 0.717) is 5.56 Å².